The average molecular weight is 222 g/mol. The second-order valence-corrected chi connectivity index (χ2v) is 4.68. The molecule has 0 nitrogen and oxygen atoms in total. The molecule has 0 fully saturated rings. The van der Waals surface area contributed by atoms with Crippen molar-refractivity contribution in [3.8, 4) is 0 Å². The topological polar surface area (TPSA) is 0 Å². The number of hydrogen-bond donors (Lipinski definition) is 0. The molecular weight excluding hydrogens is 192 g/mol. The van der Waals surface area contributed by atoms with Crippen LogP contribution in [0.3, 0.4) is 0 Å². The summed E-state index contributed by atoms with van der Waals surface area (Å²) in [5.41, 5.74) is 1.25. The standard InChI is InChI=1S/C16H30/c1-4-6-7-8-9-10-11-12-13-14-15-16(3)5-2/h14-15H,3-13H2,1-2H3. The Kier molecular flexibility index (Phi) is 12.1. The maximum absolute atomic E-state index is 3.96. The van der Waals surface area contributed by atoms with Crippen LogP contribution < -0.4 is 0 Å². The van der Waals surface area contributed by atoms with Gasteiger partial charge in [0.15, 0.2) is 0 Å². The Morgan fingerprint density at radius 1 is 0.875 bits per heavy atom. The minimum absolute atomic E-state index is 1.08. The van der Waals surface area contributed by atoms with Gasteiger partial charge in [0.1, 0.15) is 0 Å². The van der Waals surface area contributed by atoms with E-state index in [4.69, 9.17) is 0 Å². The van der Waals surface area contributed by atoms with Crippen molar-refractivity contribution < 1.29 is 0 Å². The fraction of sp³-hybridized carbons (Fsp3) is 0.750. The molecule has 94 valence electrons. The van der Waals surface area contributed by atoms with E-state index in [2.05, 4.69) is 32.6 Å². The molecule has 0 aliphatic heterocycles. The first kappa shape index (κ1) is 15.5. The molecule has 0 radical (unpaired) electrons. The zero-order valence-electron chi connectivity index (χ0n) is 11.4. The number of hydrogen-bond acceptors (Lipinski definition) is 0. The molecule has 0 unspecified atom stereocenters. The molecule has 0 aromatic carbocycles. The van der Waals surface area contributed by atoms with Crippen LogP contribution in [0.1, 0.15) is 78.1 Å². The second kappa shape index (κ2) is 12.5. The summed E-state index contributed by atoms with van der Waals surface area (Å²) in [5.74, 6) is 0. The molecule has 0 rings (SSSR count). The van der Waals surface area contributed by atoms with E-state index in [1.54, 1.807) is 0 Å². The first-order valence-corrected chi connectivity index (χ1v) is 7.15. The summed E-state index contributed by atoms with van der Waals surface area (Å²) in [6, 6.07) is 0. The normalized spacial score (nSPS) is 11.1. The maximum Gasteiger partial charge on any atom is -0.0313 e. The molecule has 0 aliphatic carbocycles. The zero-order valence-corrected chi connectivity index (χ0v) is 11.4. The Morgan fingerprint density at radius 2 is 1.44 bits per heavy atom. The van der Waals surface area contributed by atoms with Gasteiger partial charge < -0.3 is 0 Å². The highest BCUT2D eigenvalue weighted by Crippen LogP contribution is 2.10. The molecule has 0 aliphatic rings. The molecule has 0 heteroatoms. The molecule has 0 bridgehead atoms. The van der Waals surface area contributed by atoms with E-state index in [1.807, 2.05) is 0 Å². The predicted octanol–water partition coefficient (Wildman–Crippen LogP) is 6.04. The number of allylic oxidation sites excluding steroid dienone is 3. The van der Waals surface area contributed by atoms with Gasteiger partial charge in [-0.05, 0) is 19.3 Å². The average Bonchev–Trinajstić information content (AvgIpc) is 2.31. The highest BCUT2D eigenvalue weighted by atomic mass is 14.0. The Hall–Kier alpha value is -0.520. The summed E-state index contributed by atoms with van der Waals surface area (Å²) >= 11 is 0. The Labute approximate surface area is 103 Å². The Balaban J connectivity index is 3.09. The maximum atomic E-state index is 3.96. The summed E-state index contributed by atoms with van der Waals surface area (Å²) < 4.78 is 0. The molecule has 0 heterocycles. The van der Waals surface area contributed by atoms with Crippen molar-refractivity contribution in [2.45, 2.75) is 78.1 Å². The Morgan fingerprint density at radius 3 is 2.00 bits per heavy atom. The van der Waals surface area contributed by atoms with E-state index < -0.39 is 0 Å². The lowest BCUT2D eigenvalue weighted by Crippen LogP contribution is -1.80. The van der Waals surface area contributed by atoms with Crippen LogP contribution in [0.25, 0.3) is 0 Å². The van der Waals surface area contributed by atoms with Crippen molar-refractivity contribution in [2.24, 2.45) is 0 Å². The summed E-state index contributed by atoms with van der Waals surface area (Å²) in [4.78, 5) is 0. The molecule has 16 heavy (non-hydrogen) atoms. The fourth-order valence-electron chi connectivity index (χ4n) is 1.76. The summed E-state index contributed by atoms with van der Waals surface area (Å²) in [6.45, 7) is 8.39. The van der Waals surface area contributed by atoms with Gasteiger partial charge in [-0.1, -0.05) is 83.1 Å². The van der Waals surface area contributed by atoms with Crippen LogP contribution in [0.2, 0.25) is 0 Å². The van der Waals surface area contributed by atoms with Crippen molar-refractivity contribution in [3.63, 3.8) is 0 Å². The smallest absolute Gasteiger partial charge is 0.0313 e. The van der Waals surface area contributed by atoms with Crippen molar-refractivity contribution in [1.29, 1.82) is 0 Å². The summed E-state index contributed by atoms with van der Waals surface area (Å²) in [7, 11) is 0. The van der Waals surface area contributed by atoms with Crippen LogP contribution in [0.15, 0.2) is 24.3 Å². The molecule has 0 saturated carbocycles. The van der Waals surface area contributed by atoms with E-state index in [9.17, 15) is 0 Å². The van der Waals surface area contributed by atoms with Gasteiger partial charge in [0.05, 0.1) is 0 Å². The fourth-order valence-corrected chi connectivity index (χ4v) is 1.76. The lowest BCUT2D eigenvalue weighted by atomic mass is 10.1. The molecule has 0 spiro atoms. The second-order valence-electron chi connectivity index (χ2n) is 4.68. The molecule has 0 saturated heterocycles. The van der Waals surface area contributed by atoms with Gasteiger partial charge in [0, 0.05) is 0 Å². The van der Waals surface area contributed by atoms with Gasteiger partial charge >= 0.3 is 0 Å². The van der Waals surface area contributed by atoms with Crippen LogP contribution in [-0.2, 0) is 0 Å². The largest absolute Gasteiger partial charge is 0.0959 e. The van der Waals surface area contributed by atoms with Crippen molar-refractivity contribution >= 4 is 0 Å². The van der Waals surface area contributed by atoms with Crippen LogP contribution in [0.5, 0.6) is 0 Å². The molecular formula is C16H30. The molecule has 0 N–H and O–H groups in total. The highest BCUT2D eigenvalue weighted by Gasteiger charge is 1.90. The Bertz CT molecular complexity index is 176. The van der Waals surface area contributed by atoms with Crippen molar-refractivity contribution in [2.75, 3.05) is 0 Å². The van der Waals surface area contributed by atoms with Gasteiger partial charge in [-0.3, -0.25) is 0 Å². The van der Waals surface area contributed by atoms with Crippen LogP contribution in [0, 0.1) is 0 Å². The van der Waals surface area contributed by atoms with Crippen molar-refractivity contribution in [1.82, 2.24) is 0 Å². The third-order valence-corrected chi connectivity index (χ3v) is 3.03. The first-order chi connectivity index (χ1) is 7.81. The minimum Gasteiger partial charge on any atom is -0.0959 e. The monoisotopic (exact) mass is 222 g/mol. The third kappa shape index (κ3) is 11.6. The van der Waals surface area contributed by atoms with Gasteiger partial charge in [-0.2, -0.15) is 0 Å². The van der Waals surface area contributed by atoms with E-state index >= 15 is 0 Å². The molecule has 0 atom stereocenters. The quantitative estimate of drug-likeness (QED) is 0.295. The van der Waals surface area contributed by atoms with E-state index in [1.165, 1.54) is 63.4 Å². The summed E-state index contributed by atoms with van der Waals surface area (Å²) in [6.07, 6.45) is 18.0. The molecule has 0 amide bonds. The first-order valence-electron chi connectivity index (χ1n) is 7.15. The minimum atomic E-state index is 1.08. The van der Waals surface area contributed by atoms with E-state index in [-0.39, 0.29) is 0 Å². The summed E-state index contributed by atoms with van der Waals surface area (Å²) in [5, 5.41) is 0. The van der Waals surface area contributed by atoms with Crippen molar-refractivity contribution in [3.05, 3.63) is 24.3 Å². The lowest BCUT2D eigenvalue weighted by Gasteiger charge is -1.99. The van der Waals surface area contributed by atoms with E-state index in [0.29, 0.717) is 0 Å². The van der Waals surface area contributed by atoms with Crippen LogP contribution >= 0.6 is 0 Å². The molecule has 0 aromatic rings. The predicted molar refractivity (Wildman–Crippen MR) is 75.8 cm³/mol. The number of unbranched alkanes of at least 4 members (excludes halogenated alkanes) is 8. The van der Waals surface area contributed by atoms with Gasteiger partial charge in [0.25, 0.3) is 0 Å². The van der Waals surface area contributed by atoms with Gasteiger partial charge in [-0.25, -0.2) is 0 Å². The van der Waals surface area contributed by atoms with Crippen LogP contribution in [-0.4, -0.2) is 0 Å². The van der Waals surface area contributed by atoms with Gasteiger partial charge in [0.2, 0.25) is 0 Å². The highest BCUT2D eigenvalue weighted by molar-refractivity contribution is 5.13. The zero-order chi connectivity index (χ0) is 12.1. The number of rotatable bonds is 11. The molecule has 0 aromatic heterocycles. The van der Waals surface area contributed by atoms with E-state index in [0.717, 1.165) is 6.42 Å². The van der Waals surface area contributed by atoms with Crippen LogP contribution in [0.4, 0.5) is 0 Å². The lowest BCUT2D eigenvalue weighted by molar-refractivity contribution is 0.577. The van der Waals surface area contributed by atoms with Gasteiger partial charge in [-0.15, -0.1) is 0 Å². The SMILES string of the molecule is C=C(C=CCCCCCCCCCC)CC. The third-order valence-electron chi connectivity index (χ3n) is 3.03.